The Morgan fingerprint density at radius 2 is 1.80 bits per heavy atom. The van der Waals surface area contributed by atoms with Crippen molar-refractivity contribution >= 4 is 23.6 Å². The van der Waals surface area contributed by atoms with Crippen LogP contribution < -0.4 is 5.32 Å². The van der Waals surface area contributed by atoms with Crippen molar-refractivity contribution in [3.63, 3.8) is 0 Å². The third-order valence-electron chi connectivity index (χ3n) is 5.26. The van der Waals surface area contributed by atoms with Crippen molar-refractivity contribution in [2.45, 2.75) is 26.7 Å². The van der Waals surface area contributed by atoms with Gasteiger partial charge in [0.1, 0.15) is 5.70 Å². The largest absolute Gasteiger partial charge is 0.337 e. The van der Waals surface area contributed by atoms with Gasteiger partial charge < -0.3 is 10.2 Å². The minimum Gasteiger partial charge on any atom is -0.337 e. The van der Waals surface area contributed by atoms with Crippen molar-refractivity contribution < 1.29 is 14.5 Å². The Labute approximate surface area is 175 Å². The van der Waals surface area contributed by atoms with E-state index in [1.54, 1.807) is 29.2 Å². The Hall–Kier alpha value is -3.48. The lowest BCUT2D eigenvalue weighted by Crippen LogP contribution is -2.42. The van der Waals surface area contributed by atoms with E-state index in [9.17, 15) is 19.7 Å². The first kappa shape index (κ1) is 21.2. The summed E-state index contributed by atoms with van der Waals surface area (Å²) in [6, 6.07) is 13.0. The molecule has 0 saturated carbocycles. The number of carbonyl (C=O) groups is 2. The number of nitrogens with one attached hydrogen (secondary N) is 1. The maximum absolute atomic E-state index is 13.2. The summed E-state index contributed by atoms with van der Waals surface area (Å²) >= 11 is 0. The van der Waals surface area contributed by atoms with Crippen molar-refractivity contribution in [2.75, 3.05) is 13.1 Å². The van der Waals surface area contributed by atoms with Crippen molar-refractivity contribution in [3.05, 3.63) is 81.0 Å². The minimum atomic E-state index is -0.490. The molecule has 0 atom stereocenters. The monoisotopic (exact) mass is 407 g/mol. The quantitative estimate of drug-likeness (QED) is 0.462. The maximum atomic E-state index is 13.2. The van der Waals surface area contributed by atoms with Gasteiger partial charge in [-0.25, -0.2) is 0 Å². The average molecular weight is 407 g/mol. The van der Waals surface area contributed by atoms with Gasteiger partial charge in [0.05, 0.1) is 4.92 Å². The lowest BCUT2D eigenvalue weighted by atomic mass is 9.99. The van der Waals surface area contributed by atoms with Gasteiger partial charge in [-0.2, -0.15) is 0 Å². The fraction of sp³-hybridized carbons (Fsp3) is 0.304. The van der Waals surface area contributed by atoms with Crippen LogP contribution >= 0.6 is 0 Å². The second kappa shape index (κ2) is 9.35. The number of nitro groups is 1. The first-order valence-electron chi connectivity index (χ1n) is 9.97. The molecule has 1 heterocycles. The summed E-state index contributed by atoms with van der Waals surface area (Å²) in [4.78, 5) is 38.2. The molecule has 1 aliphatic heterocycles. The van der Waals surface area contributed by atoms with Crippen LogP contribution in [0.4, 0.5) is 5.69 Å². The number of non-ortho nitro benzene ring substituents is 1. The summed E-state index contributed by atoms with van der Waals surface area (Å²) in [5.74, 6) is -0.125. The summed E-state index contributed by atoms with van der Waals surface area (Å²) in [5.41, 5.74) is 1.97. The van der Waals surface area contributed by atoms with Crippen LogP contribution in [0.15, 0.2) is 54.2 Å². The Kier molecular flexibility index (Phi) is 6.61. The van der Waals surface area contributed by atoms with E-state index in [4.69, 9.17) is 0 Å². The molecule has 1 N–H and O–H groups in total. The zero-order valence-corrected chi connectivity index (χ0v) is 17.1. The SMILES string of the molecule is Cc1ccc(C(=O)N/C(=C\c2cccc([N+](=O)[O-])c2)C(=O)N2CCC(C)CC2)cc1. The number of rotatable bonds is 5. The van der Waals surface area contributed by atoms with Crippen LogP contribution in [0.1, 0.15) is 41.3 Å². The summed E-state index contributed by atoms with van der Waals surface area (Å²) < 4.78 is 0. The molecule has 1 fully saturated rings. The van der Waals surface area contributed by atoms with E-state index >= 15 is 0 Å². The summed E-state index contributed by atoms with van der Waals surface area (Å²) in [5, 5.41) is 13.8. The standard InChI is InChI=1S/C23H25N3O4/c1-16-6-8-19(9-7-16)22(27)24-21(23(28)25-12-10-17(2)11-13-25)15-18-4-3-5-20(14-18)26(29)30/h3-9,14-15,17H,10-13H2,1-2H3,(H,24,27)/b21-15-. The molecule has 0 aliphatic carbocycles. The van der Waals surface area contributed by atoms with E-state index in [0.717, 1.165) is 18.4 Å². The van der Waals surface area contributed by atoms with Gasteiger partial charge in [0.2, 0.25) is 0 Å². The molecule has 2 amide bonds. The molecule has 30 heavy (non-hydrogen) atoms. The van der Waals surface area contributed by atoms with Gasteiger partial charge in [0, 0.05) is 30.8 Å². The van der Waals surface area contributed by atoms with Gasteiger partial charge in [0.15, 0.2) is 0 Å². The number of carbonyl (C=O) groups excluding carboxylic acids is 2. The van der Waals surface area contributed by atoms with E-state index < -0.39 is 10.8 Å². The van der Waals surface area contributed by atoms with Crippen molar-refractivity contribution in [1.29, 1.82) is 0 Å². The first-order chi connectivity index (χ1) is 14.3. The molecule has 156 valence electrons. The summed E-state index contributed by atoms with van der Waals surface area (Å²) in [7, 11) is 0. The summed E-state index contributed by atoms with van der Waals surface area (Å²) in [6.07, 6.45) is 3.31. The van der Waals surface area contributed by atoms with Crippen LogP contribution in [0.3, 0.4) is 0 Å². The molecular weight excluding hydrogens is 382 g/mol. The lowest BCUT2D eigenvalue weighted by molar-refractivity contribution is -0.384. The molecule has 0 bridgehead atoms. The third kappa shape index (κ3) is 5.31. The number of likely N-dealkylation sites (tertiary alicyclic amines) is 1. The highest BCUT2D eigenvalue weighted by atomic mass is 16.6. The number of piperidine rings is 1. The molecule has 7 heteroatoms. The van der Waals surface area contributed by atoms with E-state index in [0.29, 0.717) is 30.1 Å². The second-order valence-corrected chi connectivity index (χ2v) is 7.70. The number of benzene rings is 2. The van der Waals surface area contributed by atoms with Crippen LogP contribution in [0.5, 0.6) is 0 Å². The van der Waals surface area contributed by atoms with Gasteiger partial charge in [-0.15, -0.1) is 0 Å². The van der Waals surface area contributed by atoms with Gasteiger partial charge in [-0.1, -0.05) is 36.8 Å². The van der Waals surface area contributed by atoms with E-state index in [1.165, 1.54) is 18.2 Å². The van der Waals surface area contributed by atoms with E-state index in [-0.39, 0.29) is 17.3 Å². The number of nitrogens with zero attached hydrogens (tertiary/aromatic N) is 2. The number of amides is 2. The van der Waals surface area contributed by atoms with Crippen LogP contribution in [-0.4, -0.2) is 34.7 Å². The molecule has 2 aromatic carbocycles. The van der Waals surface area contributed by atoms with Crippen LogP contribution in [0, 0.1) is 23.0 Å². The Morgan fingerprint density at radius 1 is 1.13 bits per heavy atom. The highest BCUT2D eigenvalue weighted by Gasteiger charge is 2.24. The zero-order chi connectivity index (χ0) is 21.7. The zero-order valence-electron chi connectivity index (χ0n) is 17.1. The van der Waals surface area contributed by atoms with Gasteiger partial charge in [0.25, 0.3) is 17.5 Å². The lowest BCUT2D eigenvalue weighted by Gasteiger charge is -2.31. The number of hydrogen-bond donors (Lipinski definition) is 1. The number of nitro benzene ring substituents is 1. The van der Waals surface area contributed by atoms with Crippen molar-refractivity contribution in [2.24, 2.45) is 5.92 Å². The van der Waals surface area contributed by atoms with Gasteiger partial charge in [-0.05, 0) is 49.5 Å². The van der Waals surface area contributed by atoms with Crippen molar-refractivity contribution in [3.8, 4) is 0 Å². The smallest absolute Gasteiger partial charge is 0.270 e. The predicted octanol–water partition coefficient (Wildman–Crippen LogP) is 3.93. The third-order valence-corrected chi connectivity index (χ3v) is 5.26. The summed E-state index contributed by atoms with van der Waals surface area (Å²) in [6.45, 7) is 5.32. The van der Waals surface area contributed by atoms with Crippen molar-refractivity contribution in [1.82, 2.24) is 10.2 Å². The topological polar surface area (TPSA) is 92.5 Å². The Balaban J connectivity index is 1.90. The number of aryl methyl sites for hydroxylation is 1. The predicted molar refractivity (Wildman–Crippen MR) is 115 cm³/mol. The highest BCUT2D eigenvalue weighted by molar-refractivity contribution is 6.05. The molecule has 2 aromatic rings. The van der Waals surface area contributed by atoms with Gasteiger partial charge in [-0.3, -0.25) is 19.7 Å². The molecule has 0 spiro atoms. The van der Waals surface area contributed by atoms with E-state index in [2.05, 4.69) is 12.2 Å². The van der Waals surface area contributed by atoms with Crippen LogP contribution in [0.2, 0.25) is 0 Å². The highest BCUT2D eigenvalue weighted by Crippen LogP contribution is 2.20. The molecule has 7 nitrogen and oxygen atoms in total. The molecule has 0 unspecified atom stereocenters. The van der Waals surface area contributed by atoms with Crippen LogP contribution in [0.25, 0.3) is 6.08 Å². The maximum Gasteiger partial charge on any atom is 0.270 e. The van der Waals surface area contributed by atoms with E-state index in [1.807, 2.05) is 19.1 Å². The van der Waals surface area contributed by atoms with Gasteiger partial charge >= 0.3 is 0 Å². The fourth-order valence-corrected chi connectivity index (χ4v) is 3.33. The molecule has 1 aliphatic rings. The van der Waals surface area contributed by atoms with Crippen LogP contribution in [-0.2, 0) is 4.79 Å². The number of hydrogen-bond acceptors (Lipinski definition) is 4. The minimum absolute atomic E-state index is 0.0767. The fourth-order valence-electron chi connectivity index (χ4n) is 3.33. The Bertz CT molecular complexity index is 974. The molecule has 1 saturated heterocycles. The molecule has 3 rings (SSSR count). The molecular formula is C23H25N3O4. The normalized spacial score (nSPS) is 15.0. The molecule has 0 radical (unpaired) electrons. The average Bonchev–Trinajstić information content (AvgIpc) is 2.74. The first-order valence-corrected chi connectivity index (χ1v) is 9.97. The second-order valence-electron chi connectivity index (χ2n) is 7.70. The molecule has 0 aromatic heterocycles. The Morgan fingerprint density at radius 3 is 2.43 bits per heavy atom.